The second-order valence-corrected chi connectivity index (χ2v) is 6.62. The van der Waals surface area contributed by atoms with E-state index in [0.717, 1.165) is 55.8 Å². The number of ether oxygens (including phenoxy) is 3. The SMILES string of the molecule is CCCOc1ccc(OCCN2CCOC(c3nccs3)C2)cc1. The molecular weight excluding hydrogens is 324 g/mol. The van der Waals surface area contributed by atoms with Crippen molar-refractivity contribution in [3.8, 4) is 11.5 Å². The number of thiazole rings is 1. The zero-order valence-electron chi connectivity index (χ0n) is 14.0. The number of hydrogen-bond acceptors (Lipinski definition) is 6. The van der Waals surface area contributed by atoms with Crippen LogP contribution in [0.25, 0.3) is 0 Å². The Kier molecular flexibility index (Phi) is 6.46. The molecule has 24 heavy (non-hydrogen) atoms. The van der Waals surface area contributed by atoms with E-state index in [-0.39, 0.29) is 6.10 Å². The van der Waals surface area contributed by atoms with Crippen molar-refractivity contribution < 1.29 is 14.2 Å². The van der Waals surface area contributed by atoms with Gasteiger partial charge in [0.15, 0.2) is 0 Å². The highest BCUT2D eigenvalue weighted by Crippen LogP contribution is 2.24. The van der Waals surface area contributed by atoms with Crippen LogP contribution in [-0.2, 0) is 4.74 Å². The number of morpholine rings is 1. The Labute approximate surface area is 147 Å². The van der Waals surface area contributed by atoms with Gasteiger partial charge in [-0.25, -0.2) is 4.98 Å². The predicted octanol–water partition coefficient (Wildman–Crippen LogP) is 3.38. The quantitative estimate of drug-likeness (QED) is 0.732. The first-order valence-corrected chi connectivity index (χ1v) is 9.32. The summed E-state index contributed by atoms with van der Waals surface area (Å²) in [7, 11) is 0. The molecule has 0 amide bonds. The van der Waals surface area contributed by atoms with E-state index in [1.54, 1.807) is 11.3 Å². The van der Waals surface area contributed by atoms with E-state index < -0.39 is 0 Å². The Morgan fingerprint density at radius 1 is 1.21 bits per heavy atom. The summed E-state index contributed by atoms with van der Waals surface area (Å²) >= 11 is 1.65. The summed E-state index contributed by atoms with van der Waals surface area (Å²) in [6, 6.07) is 7.84. The highest BCUT2D eigenvalue weighted by atomic mass is 32.1. The van der Waals surface area contributed by atoms with E-state index >= 15 is 0 Å². The third-order valence-electron chi connectivity index (χ3n) is 3.85. The smallest absolute Gasteiger partial charge is 0.123 e. The highest BCUT2D eigenvalue weighted by molar-refractivity contribution is 7.09. The second kappa shape index (κ2) is 9.01. The van der Waals surface area contributed by atoms with Crippen LogP contribution in [0.3, 0.4) is 0 Å². The molecule has 1 aliphatic rings. The molecule has 2 heterocycles. The zero-order valence-corrected chi connectivity index (χ0v) is 14.8. The van der Waals surface area contributed by atoms with Crippen LogP contribution in [0.5, 0.6) is 11.5 Å². The monoisotopic (exact) mass is 348 g/mol. The van der Waals surface area contributed by atoms with Crippen molar-refractivity contribution in [3.05, 3.63) is 40.8 Å². The summed E-state index contributed by atoms with van der Waals surface area (Å²) in [6.07, 6.45) is 2.94. The predicted molar refractivity (Wildman–Crippen MR) is 95.0 cm³/mol. The molecule has 130 valence electrons. The summed E-state index contributed by atoms with van der Waals surface area (Å²) in [5.74, 6) is 1.77. The molecule has 0 aliphatic carbocycles. The lowest BCUT2D eigenvalue weighted by Gasteiger charge is -2.31. The molecule has 0 radical (unpaired) electrons. The van der Waals surface area contributed by atoms with Gasteiger partial charge in [-0.15, -0.1) is 11.3 Å². The van der Waals surface area contributed by atoms with E-state index in [2.05, 4.69) is 16.8 Å². The van der Waals surface area contributed by atoms with Gasteiger partial charge in [-0.1, -0.05) is 6.92 Å². The van der Waals surface area contributed by atoms with Gasteiger partial charge >= 0.3 is 0 Å². The lowest BCUT2D eigenvalue weighted by atomic mass is 10.3. The molecule has 1 atom stereocenters. The molecular formula is C18H24N2O3S. The van der Waals surface area contributed by atoms with Crippen molar-refractivity contribution in [3.63, 3.8) is 0 Å². The largest absolute Gasteiger partial charge is 0.494 e. The number of hydrogen-bond donors (Lipinski definition) is 0. The minimum Gasteiger partial charge on any atom is -0.494 e. The first-order valence-electron chi connectivity index (χ1n) is 8.44. The van der Waals surface area contributed by atoms with Gasteiger partial charge in [0.2, 0.25) is 0 Å². The fourth-order valence-corrected chi connectivity index (χ4v) is 3.27. The van der Waals surface area contributed by atoms with Crippen LogP contribution in [0, 0.1) is 0 Å². The lowest BCUT2D eigenvalue weighted by molar-refractivity contribution is -0.0329. The average molecular weight is 348 g/mol. The lowest BCUT2D eigenvalue weighted by Crippen LogP contribution is -2.40. The third-order valence-corrected chi connectivity index (χ3v) is 4.72. The molecule has 1 saturated heterocycles. The molecule has 1 aromatic heterocycles. The molecule has 0 bridgehead atoms. The van der Waals surface area contributed by atoms with Crippen LogP contribution in [-0.4, -0.2) is 49.3 Å². The van der Waals surface area contributed by atoms with E-state index in [0.29, 0.717) is 6.61 Å². The fourth-order valence-electron chi connectivity index (χ4n) is 2.59. The number of benzene rings is 1. The minimum absolute atomic E-state index is 0.0914. The zero-order chi connectivity index (χ0) is 16.6. The number of aromatic nitrogens is 1. The Morgan fingerprint density at radius 3 is 2.62 bits per heavy atom. The van der Waals surface area contributed by atoms with Crippen LogP contribution < -0.4 is 9.47 Å². The van der Waals surface area contributed by atoms with Crippen LogP contribution in [0.4, 0.5) is 0 Å². The number of rotatable bonds is 8. The molecule has 2 aromatic rings. The van der Waals surface area contributed by atoms with Crippen molar-refractivity contribution >= 4 is 11.3 Å². The molecule has 0 spiro atoms. The number of nitrogens with zero attached hydrogens (tertiary/aromatic N) is 2. The maximum absolute atomic E-state index is 5.84. The molecule has 1 aliphatic heterocycles. The summed E-state index contributed by atoms with van der Waals surface area (Å²) in [4.78, 5) is 6.72. The van der Waals surface area contributed by atoms with Gasteiger partial charge in [0.1, 0.15) is 29.2 Å². The molecule has 0 N–H and O–H groups in total. The Morgan fingerprint density at radius 2 is 1.96 bits per heavy atom. The van der Waals surface area contributed by atoms with E-state index in [1.165, 1.54) is 0 Å². The van der Waals surface area contributed by atoms with Gasteiger partial charge in [0, 0.05) is 31.2 Å². The maximum Gasteiger partial charge on any atom is 0.123 e. The van der Waals surface area contributed by atoms with Gasteiger partial charge in [0.05, 0.1) is 13.2 Å². The van der Waals surface area contributed by atoms with Gasteiger partial charge in [-0.3, -0.25) is 4.90 Å². The Hall–Kier alpha value is -1.63. The molecule has 3 rings (SSSR count). The molecule has 1 unspecified atom stereocenters. The summed E-state index contributed by atoms with van der Waals surface area (Å²) < 4.78 is 17.2. The summed E-state index contributed by atoms with van der Waals surface area (Å²) in [6.45, 7) is 6.96. The van der Waals surface area contributed by atoms with Crippen molar-refractivity contribution in [1.29, 1.82) is 0 Å². The molecule has 6 heteroatoms. The summed E-state index contributed by atoms with van der Waals surface area (Å²) in [5.41, 5.74) is 0. The molecule has 0 saturated carbocycles. The summed E-state index contributed by atoms with van der Waals surface area (Å²) in [5, 5.41) is 3.05. The maximum atomic E-state index is 5.84. The van der Waals surface area contributed by atoms with Crippen LogP contribution in [0.15, 0.2) is 35.8 Å². The van der Waals surface area contributed by atoms with E-state index in [1.807, 2.05) is 35.8 Å². The second-order valence-electron chi connectivity index (χ2n) is 5.70. The molecule has 5 nitrogen and oxygen atoms in total. The first kappa shape index (κ1) is 17.2. The van der Waals surface area contributed by atoms with Crippen LogP contribution >= 0.6 is 11.3 Å². The highest BCUT2D eigenvalue weighted by Gasteiger charge is 2.23. The van der Waals surface area contributed by atoms with Crippen molar-refractivity contribution in [1.82, 2.24) is 9.88 Å². The average Bonchev–Trinajstić information content (AvgIpc) is 3.16. The first-order chi connectivity index (χ1) is 11.8. The van der Waals surface area contributed by atoms with Gasteiger partial charge in [-0.05, 0) is 30.7 Å². The topological polar surface area (TPSA) is 43.8 Å². The molecule has 1 aromatic carbocycles. The van der Waals surface area contributed by atoms with Crippen LogP contribution in [0.1, 0.15) is 24.5 Å². The normalized spacial score (nSPS) is 18.5. The van der Waals surface area contributed by atoms with Gasteiger partial charge in [-0.2, -0.15) is 0 Å². The van der Waals surface area contributed by atoms with Gasteiger partial charge in [0.25, 0.3) is 0 Å². The molecule has 1 fully saturated rings. The van der Waals surface area contributed by atoms with Gasteiger partial charge < -0.3 is 14.2 Å². The van der Waals surface area contributed by atoms with Crippen molar-refractivity contribution in [2.45, 2.75) is 19.4 Å². The Balaban J connectivity index is 1.41. The third kappa shape index (κ3) is 4.93. The minimum atomic E-state index is 0.0914. The van der Waals surface area contributed by atoms with Crippen molar-refractivity contribution in [2.75, 3.05) is 39.5 Å². The fraction of sp³-hybridized carbons (Fsp3) is 0.500. The van der Waals surface area contributed by atoms with Crippen molar-refractivity contribution in [2.24, 2.45) is 0 Å². The van der Waals surface area contributed by atoms with Crippen LogP contribution in [0.2, 0.25) is 0 Å². The standard InChI is InChI=1S/C18H24N2O3S/c1-2-10-21-15-3-5-16(6-4-15)22-11-8-20-9-12-23-17(14-20)18-19-7-13-24-18/h3-7,13,17H,2,8-12,14H2,1H3. The van der Waals surface area contributed by atoms with E-state index in [9.17, 15) is 0 Å². The Bertz CT molecular complexity index is 589. The van der Waals surface area contributed by atoms with E-state index in [4.69, 9.17) is 14.2 Å².